The second-order valence-electron chi connectivity index (χ2n) is 8.32. The van der Waals surface area contributed by atoms with Crippen molar-refractivity contribution in [2.45, 2.75) is 19.8 Å². The molecule has 0 amide bonds. The number of ether oxygens (including phenoxy) is 1. The van der Waals surface area contributed by atoms with E-state index in [1.165, 1.54) is 17.1 Å². The van der Waals surface area contributed by atoms with Crippen molar-refractivity contribution in [2.75, 3.05) is 5.32 Å². The molecule has 184 valence electrons. The van der Waals surface area contributed by atoms with E-state index in [2.05, 4.69) is 15.3 Å². The first-order valence-electron chi connectivity index (χ1n) is 11.7. The number of fused-ring (bicyclic) bond motifs is 1. The molecule has 2 aromatic heterocycles. The van der Waals surface area contributed by atoms with Crippen LogP contribution < -0.4 is 15.7 Å². The Kier molecular flexibility index (Phi) is 7.17. The SMILES string of the molecule is O=C(OCc1ccccc1)c1ccc(CNc2cc(=O)n(OCc3ccccc3)c3ncncc23)cc1. The van der Waals surface area contributed by atoms with Crippen molar-refractivity contribution in [3.05, 3.63) is 136 Å². The summed E-state index contributed by atoms with van der Waals surface area (Å²) in [4.78, 5) is 39.4. The normalized spacial score (nSPS) is 10.7. The quantitative estimate of drug-likeness (QED) is 0.305. The lowest BCUT2D eigenvalue weighted by Gasteiger charge is -2.14. The maximum absolute atomic E-state index is 12.9. The van der Waals surface area contributed by atoms with Crippen LogP contribution in [0.4, 0.5) is 5.69 Å². The van der Waals surface area contributed by atoms with Gasteiger partial charge in [0.05, 0.1) is 16.6 Å². The zero-order chi connectivity index (χ0) is 25.5. The van der Waals surface area contributed by atoms with E-state index in [1.54, 1.807) is 18.3 Å². The molecule has 0 saturated heterocycles. The average molecular weight is 493 g/mol. The monoisotopic (exact) mass is 492 g/mol. The Bertz CT molecular complexity index is 1550. The van der Waals surface area contributed by atoms with Gasteiger partial charge in [-0.05, 0) is 28.8 Å². The van der Waals surface area contributed by atoms with Crippen LogP contribution >= 0.6 is 0 Å². The third-order valence-electron chi connectivity index (χ3n) is 5.73. The highest BCUT2D eigenvalue weighted by atomic mass is 16.7. The lowest BCUT2D eigenvalue weighted by Crippen LogP contribution is -2.27. The van der Waals surface area contributed by atoms with Gasteiger partial charge in [0.25, 0.3) is 5.56 Å². The number of anilines is 1. The van der Waals surface area contributed by atoms with Crippen LogP contribution in [0.15, 0.2) is 108 Å². The van der Waals surface area contributed by atoms with E-state index in [0.29, 0.717) is 28.8 Å². The van der Waals surface area contributed by atoms with E-state index in [0.717, 1.165) is 16.7 Å². The van der Waals surface area contributed by atoms with Crippen LogP contribution in [0, 0.1) is 0 Å². The molecule has 5 rings (SSSR count). The Morgan fingerprint density at radius 1 is 0.838 bits per heavy atom. The predicted molar refractivity (Wildman–Crippen MR) is 140 cm³/mol. The second kappa shape index (κ2) is 11.2. The van der Waals surface area contributed by atoms with Gasteiger partial charge in [0.2, 0.25) is 0 Å². The van der Waals surface area contributed by atoms with Crippen LogP contribution in [0.3, 0.4) is 0 Å². The number of carbonyl (C=O) groups excluding carboxylic acids is 1. The molecule has 8 heteroatoms. The van der Waals surface area contributed by atoms with E-state index in [4.69, 9.17) is 9.57 Å². The average Bonchev–Trinajstić information content (AvgIpc) is 2.95. The summed E-state index contributed by atoms with van der Waals surface area (Å²) in [5, 5.41) is 3.93. The molecule has 0 saturated carbocycles. The molecule has 0 fully saturated rings. The van der Waals surface area contributed by atoms with Gasteiger partial charge in [-0.2, -0.15) is 0 Å². The van der Waals surface area contributed by atoms with E-state index < -0.39 is 0 Å². The van der Waals surface area contributed by atoms with Gasteiger partial charge in [-0.1, -0.05) is 72.8 Å². The molecule has 0 spiro atoms. The van der Waals surface area contributed by atoms with E-state index in [-0.39, 0.29) is 24.7 Å². The van der Waals surface area contributed by atoms with Crippen molar-refractivity contribution in [1.29, 1.82) is 0 Å². The summed E-state index contributed by atoms with van der Waals surface area (Å²) in [6.45, 7) is 0.878. The van der Waals surface area contributed by atoms with Gasteiger partial charge in [-0.25, -0.2) is 14.8 Å². The molecule has 0 atom stereocenters. The largest absolute Gasteiger partial charge is 0.457 e. The van der Waals surface area contributed by atoms with Crippen molar-refractivity contribution in [2.24, 2.45) is 0 Å². The maximum Gasteiger partial charge on any atom is 0.338 e. The van der Waals surface area contributed by atoms with Crippen LogP contribution in [-0.4, -0.2) is 20.7 Å². The molecule has 37 heavy (non-hydrogen) atoms. The van der Waals surface area contributed by atoms with E-state index in [1.807, 2.05) is 72.8 Å². The highest BCUT2D eigenvalue weighted by Gasteiger charge is 2.12. The molecule has 8 nitrogen and oxygen atoms in total. The minimum absolute atomic E-state index is 0.221. The predicted octanol–water partition coefficient (Wildman–Crippen LogP) is 4.39. The van der Waals surface area contributed by atoms with Crippen molar-refractivity contribution in [1.82, 2.24) is 14.7 Å². The summed E-state index contributed by atoms with van der Waals surface area (Å²) in [6, 6.07) is 27.7. The molecule has 1 N–H and O–H groups in total. The third kappa shape index (κ3) is 5.82. The molecular formula is C29H24N4O4. The number of pyridine rings is 1. The molecular weight excluding hydrogens is 468 g/mol. The van der Waals surface area contributed by atoms with Crippen molar-refractivity contribution >= 4 is 22.7 Å². The first-order valence-corrected chi connectivity index (χ1v) is 11.7. The Hall–Kier alpha value is -4.98. The summed E-state index contributed by atoms with van der Waals surface area (Å²) >= 11 is 0. The van der Waals surface area contributed by atoms with Gasteiger partial charge in [0, 0.05) is 18.8 Å². The number of benzene rings is 3. The smallest absolute Gasteiger partial charge is 0.338 e. The Balaban J connectivity index is 1.26. The minimum atomic E-state index is -0.384. The van der Waals surface area contributed by atoms with Crippen molar-refractivity contribution in [3.8, 4) is 0 Å². The number of rotatable bonds is 9. The summed E-state index contributed by atoms with van der Waals surface area (Å²) in [5.41, 5.74) is 3.88. The van der Waals surface area contributed by atoms with Crippen molar-refractivity contribution in [3.63, 3.8) is 0 Å². The molecule has 2 heterocycles. The molecule has 0 radical (unpaired) electrons. The Morgan fingerprint density at radius 2 is 1.51 bits per heavy atom. The number of nitrogens with one attached hydrogen (secondary N) is 1. The second-order valence-corrected chi connectivity index (χ2v) is 8.32. The van der Waals surface area contributed by atoms with Crippen LogP contribution in [0.25, 0.3) is 11.0 Å². The van der Waals surface area contributed by atoms with Gasteiger partial charge in [0.15, 0.2) is 5.65 Å². The van der Waals surface area contributed by atoms with Crippen LogP contribution in [-0.2, 0) is 24.5 Å². The number of aromatic nitrogens is 3. The zero-order valence-electron chi connectivity index (χ0n) is 19.9. The molecule has 0 unspecified atom stereocenters. The molecule has 3 aromatic carbocycles. The van der Waals surface area contributed by atoms with Crippen LogP contribution in [0.2, 0.25) is 0 Å². The fraction of sp³-hybridized carbons (Fsp3) is 0.103. The molecule has 0 aliphatic rings. The molecule has 0 aliphatic carbocycles. The van der Waals surface area contributed by atoms with E-state index in [9.17, 15) is 9.59 Å². The first kappa shape index (κ1) is 23.7. The summed E-state index contributed by atoms with van der Waals surface area (Å²) in [7, 11) is 0. The van der Waals surface area contributed by atoms with E-state index >= 15 is 0 Å². The highest BCUT2D eigenvalue weighted by molar-refractivity contribution is 5.89. The Labute approximate surface area is 213 Å². The van der Waals surface area contributed by atoms with Gasteiger partial charge in [-0.3, -0.25) is 4.79 Å². The minimum Gasteiger partial charge on any atom is -0.457 e. The standard InChI is InChI=1S/C29H24N4O4/c34-27-15-26(25-17-30-20-32-28(25)33(27)37-19-23-9-5-2-6-10-23)31-16-21-11-13-24(14-12-21)29(35)36-18-22-7-3-1-4-8-22/h1-15,17,20,31H,16,18-19H2. The first-order chi connectivity index (χ1) is 18.2. The van der Waals surface area contributed by atoms with Gasteiger partial charge >= 0.3 is 5.97 Å². The maximum atomic E-state index is 12.9. The fourth-order valence-electron chi connectivity index (χ4n) is 3.79. The number of nitrogens with zero attached hydrogens (tertiary/aromatic N) is 3. The highest BCUT2D eigenvalue weighted by Crippen LogP contribution is 2.20. The van der Waals surface area contributed by atoms with Crippen LogP contribution in [0.5, 0.6) is 0 Å². The lowest BCUT2D eigenvalue weighted by molar-refractivity contribution is 0.0472. The van der Waals surface area contributed by atoms with Gasteiger partial charge < -0.3 is 14.9 Å². The lowest BCUT2D eigenvalue weighted by atomic mass is 10.1. The summed E-state index contributed by atoms with van der Waals surface area (Å²) < 4.78 is 6.57. The molecule has 0 aliphatic heterocycles. The third-order valence-corrected chi connectivity index (χ3v) is 5.73. The summed E-state index contributed by atoms with van der Waals surface area (Å²) in [5.74, 6) is -0.384. The summed E-state index contributed by atoms with van der Waals surface area (Å²) in [6.07, 6.45) is 3.02. The zero-order valence-corrected chi connectivity index (χ0v) is 19.9. The molecule has 0 bridgehead atoms. The topological polar surface area (TPSA) is 95.3 Å². The van der Waals surface area contributed by atoms with Crippen molar-refractivity contribution < 1.29 is 14.4 Å². The number of hydrogen-bond donors (Lipinski definition) is 1. The van der Waals surface area contributed by atoms with Crippen LogP contribution in [0.1, 0.15) is 27.0 Å². The molecule has 5 aromatic rings. The number of carbonyl (C=O) groups is 1. The number of hydrogen-bond acceptors (Lipinski definition) is 7. The number of esters is 1. The Morgan fingerprint density at radius 3 is 2.22 bits per heavy atom. The van der Waals surface area contributed by atoms with Gasteiger partial charge in [-0.15, -0.1) is 4.73 Å². The fourth-order valence-corrected chi connectivity index (χ4v) is 3.79. The van der Waals surface area contributed by atoms with Gasteiger partial charge in [0.1, 0.15) is 19.5 Å².